The summed E-state index contributed by atoms with van der Waals surface area (Å²) in [6.07, 6.45) is 0.664. The molecule has 0 unspecified atom stereocenters. The number of hydrogen-bond acceptors (Lipinski definition) is 3. The van der Waals surface area contributed by atoms with Gasteiger partial charge in [0.1, 0.15) is 5.75 Å². The predicted molar refractivity (Wildman–Crippen MR) is 77.9 cm³/mol. The second-order valence-corrected chi connectivity index (χ2v) is 5.31. The first-order valence-corrected chi connectivity index (χ1v) is 7.23. The molecule has 20 heavy (non-hydrogen) atoms. The fraction of sp³-hybridized carbons (Fsp3) is 0.562. The molecule has 1 aromatic rings. The summed E-state index contributed by atoms with van der Waals surface area (Å²) >= 11 is 0. The summed E-state index contributed by atoms with van der Waals surface area (Å²) in [5, 5.41) is 0. The van der Waals surface area contributed by atoms with E-state index in [1.54, 1.807) is 0 Å². The topological polar surface area (TPSA) is 38.8 Å². The van der Waals surface area contributed by atoms with Crippen molar-refractivity contribution < 1.29 is 14.3 Å². The molecule has 0 radical (unpaired) electrons. The van der Waals surface area contributed by atoms with E-state index in [1.165, 1.54) is 0 Å². The second-order valence-electron chi connectivity index (χ2n) is 5.31. The highest BCUT2D eigenvalue weighted by atomic mass is 16.5. The van der Waals surface area contributed by atoms with Crippen LogP contribution in [0.25, 0.3) is 0 Å². The average Bonchev–Trinajstić information content (AvgIpc) is 2.40. The Morgan fingerprint density at radius 1 is 1.25 bits per heavy atom. The van der Waals surface area contributed by atoms with E-state index in [-0.39, 0.29) is 18.1 Å². The summed E-state index contributed by atoms with van der Waals surface area (Å²) in [6, 6.07) is 7.74. The Morgan fingerprint density at radius 2 is 1.85 bits per heavy atom. The number of hydrogen-bond donors (Lipinski definition) is 0. The van der Waals surface area contributed by atoms with Gasteiger partial charge in [-0.2, -0.15) is 0 Å². The van der Waals surface area contributed by atoms with Gasteiger partial charge in [0.2, 0.25) is 5.91 Å². The van der Waals surface area contributed by atoms with E-state index in [2.05, 4.69) is 0 Å². The number of nitrogens with zero attached hydrogens (tertiary/aromatic N) is 1. The molecule has 4 nitrogen and oxygen atoms in total. The van der Waals surface area contributed by atoms with Crippen molar-refractivity contribution in [2.75, 3.05) is 19.7 Å². The molecule has 0 aliphatic carbocycles. The van der Waals surface area contributed by atoms with Crippen LogP contribution in [0.1, 0.15) is 26.3 Å². The number of rotatable bonds is 4. The summed E-state index contributed by atoms with van der Waals surface area (Å²) in [5.41, 5.74) is 1.02. The minimum atomic E-state index is 0.114. The number of carbonyl (C=O) groups excluding carboxylic acids is 1. The van der Waals surface area contributed by atoms with Crippen LogP contribution in [0.15, 0.2) is 24.3 Å². The van der Waals surface area contributed by atoms with Crippen molar-refractivity contribution in [1.29, 1.82) is 0 Å². The number of morpholine rings is 1. The minimum absolute atomic E-state index is 0.114. The van der Waals surface area contributed by atoms with Gasteiger partial charge in [0, 0.05) is 13.1 Å². The van der Waals surface area contributed by atoms with Gasteiger partial charge in [-0.1, -0.05) is 12.1 Å². The third kappa shape index (κ3) is 3.97. The summed E-state index contributed by atoms with van der Waals surface area (Å²) < 4.78 is 11.0. The maximum Gasteiger partial charge on any atom is 0.227 e. The Morgan fingerprint density at radius 3 is 2.40 bits per heavy atom. The van der Waals surface area contributed by atoms with E-state index in [4.69, 9.17) is 9.47 Å². The molecule has 0 spiro atoms. The smallest absolute Gasteiger partial charge is 0.227 e. The third-order valence-electron chi connectivity index (χ3n) is 3.36. The molecule has 1 fully saturated rings. The van der Waals surface area contributed by atoms with Gasteiger partial charge < -0.3 is 14.4 Å². The molecule has 1 heterocycles. The van der Waals surface area contributed by atoms with E-state index in [0.717, 1.165) is 11.3 Å². The summed E-state index contributed by atoms with van der Waals surface area (Å²) in [4.78, 5) is 14.2. The summed E-state index contributed by atoms with van der Waals surface area (Å²) in [5.74, 6) is 1.01. The molecule has 1 aliphatic heterocycles. The molecular formula is C16H23NO3. The average molecular weight is 277 g/mol. The van der Waals surface area contributed by atoms with E-state index < -0.39 is 0 Å². The second kappa shape index (κ2) is 6.75. The molecule has 0 N–H and O–H groups in total. The normalized spacial score (nSPS) is 22.6. The molecule has 1 saturated heterocycles. The van der Waals surface area contributed by atoms with Gasteiger partial charge in [0.05, 0.1) is 25.2 Å². The first-order valence-electron chi connectivity index (χ1n) is 7.23. The van der Waals surface area contributed by atoms with Crippen LogP contribution in [0.4, 0.5) is 0 Å². The van der Waals surface area contributed by atoms with Crippen LogP contribution in [0.3, 0.4) is 0 Å². The van der Waals surface area contributed by atoms with Crippen LogP contribution >= 0.6 is 0 Å². The van der Waals surface area contributed by atoms with Gasteiger partial charge in [-0.15, -0.1) is 0 Å². The zero-order chi connectivity index (χ0) is 14.5. The van der Waals surface area contributed by atoms with Gasteiger partial charge in [-0.05, 0) is 38.5 Å². The van der Waals surface area contributed by atoms with Gasteiger partial charge in [-0.3, -0.25) is 4.79 Å². The molecule has 1 aromatic carbocycles. The molecular weight excluding hydrogens is 254 g/mol. The fourth-order valence-electron chi connectivity index (χ4n) is 2.54. The van der Waals surface area contributed by atoms with Crippen molar-refractivity contribution in [1.82, 2.24) is 4.90 Å². The van der Waals surface area contributed by atoms with E-state index in [0.29, 0.717) is 26.1 Å². The summed E-state index contributed by atoms with van der Waals surface area (Å²) in [6.45, 7) is 7.99. The fourth-order valence-corrected chi connectivity index (χ4v) is 2.54. The SMILES string of the molecule is CCOc1ccc(CC(=O)N2C[C@@H](C)O[C@H](C)C2)cc1. The minimum Gasteiger partial charge on any atom is -0.494 e. The zero-order valence-corrected chi connectivity index (χ0v) is 12.5. The van der Waals surface area contributed by atoms with Crippen LogP contribution in [-0.4, -0.2) is 42.7 Å². The van der Waals surface area contributed by atoms with Gasteiger partial charge in [0.25, 0.3) is 0 Å². The van der Waals surface area contributed by atoms with Crippen LogP contribution in [0.5, 0.6) is 5.75 Å². The highest BCUT2D eigenvalue weighted by Crippen LogP contribution is 2.15. The van der Waals surface area contributed by atoms with Gasteiger partial charge in [-0.25, -0.2) is 0 Å². The predicted octanol–water partition coefficient (Wildman–Crippen LogP) is 2.26. The van der Waals surface area contributed by atoms with Gasteiger partial charge >= 0.3 is 0 Å². The molecule has 110 valence electrons. The molecule has 2 atom stereocenters. The highest BCUT2D eigenvalue weighted by Gasteiger charge is 2.25. The van der Waals surface area contributed by atoms with Crippen LogP contribution in [0.2, 0.25) is 0 Å². The Labute approximate surface area is 120 Å². The lowest BCUT2D eigenvalue weighted by molar-refractivity contribution is -0.142. The Hall–Kier alpha value is -1.55. The highest BCUT2D eigenvalue weighted by molar-refractivity contribution is 5.79. The maximum absolute atomic E-state index is 12.3. The van der Waals surface area contributed by atoms with E-state index in [1.807, 2.05) is 49.9 Å². The van der Waals surface area contributed by atoms with Crippen molar-refractivity contribution in [3.8, 4) is 5.75 Å². The molecule has 2 rings (SSSR count). The Kier molecular flexibility index (Phi) is 5.01. The summed E-state index contributed by atoms with van der Waals surface area (Å²) in [7, 11) is 0. The third-order valence-corrected chi connectivity index (χ3v) is 3.36. The molecule has 1 aliphatic rings. The van der Waals surface area contributed by atoms with E-state index in [9.17, 15) is 4.79 Å². The van der Waals surface area contributed by atoms with Crippen molar-refractivity contribution in [3.63, 3.8) is 0 Å². The number of amides is 1. The van der Waals surface area contributed by atoms with Crippen LogP contribution in [0, 0.1) is 0 Å². The lowest BCUT2D eigenvalue weighted by atomic mass is 10.1. The molecule has 0 bridgehead atoms. The van der Waals surface area contributed by atoms with E-state index >= 15 is 0 Å². The first kappa shape index (κ1) is 14.9. The van der Waals surface area contributed by atoms with Crippen molar-refractivity contribution >= 4 is 5.91 Å². The molecule has 4 heteroatoms. The lowest BCUT2D eigenvalue weighted by Gasteiger charge is -2.35. The number of carbonyl (C=O) groups is 1. The standard InChI is InChI=1S/C16H23NO3/c1-4-19-15-7-5-14(6-8-15)9-16(18)17-10-12(2)20-13(3)11-17/h5-8,12-13H,4,9-11H2,1-3H3/t12-,13-/m1/s1. The largest absolute Gasteiger partial charge is 0.494 e. The van der Waals surface area contributed by atoms with Crippen molar-refractivity contribution in [2.24, 2.45) is 0 Å². The monoisotopic (exact) mass is 277 g/mol. The molecule has 1 amide bonds. The number of benzene rings is 1. The van der Waals surface area contributed by atoms with Crippen molar-refractivity contribution in [2.45, 2.75) is 39.4 Å². The maximum atomic E-state index is 12.3. The zero-order valence-electron chi connectivity index (χ0n) is 12.5. The Balaban J connectivity index is 1.93. The van der Waals surface area contributed by atoms with Crippen LogP contribution in [-0.2, 0) is 16.0 Å². The number of ether oxygens (including phenoxy) is 2. The first-order chi connectivity index (χ1) is 9.58. The van der Waals surface area contributed by atoms with Crippen LogP contribution < -0.4 is 4.74 Å². The van der Waals surface area contributed by atoms with Crippen molar-refractivity contribution in [3.05, 3.63) is 29.8 Å². The lowest BCUT2D eigenvalue weighted by Crippen LogP contribution is -2.48. The molecule has 0 aromatic heterocycles. The van der Waals surface area contributed by atoms with Gasteiger partial charge in [0.15, 0.2) is 0 Å². The quantitative estimate of drug-likeness (QED) is 0.847. The Bertz CT molecular complexity index is 434. The molecule has 0 saturated carbocycles.